The van der Waals surface area contributed by atoms with Crippen LogP contribution in [0.3, 0.4) is 0 Å². The Morgan fingerprint density at radius 1 is 0.857 bits per heavy atom. The van der Waals surface area contributed by atoms with Crippen molar-refractivity contribution in [3.05, 3.63) is 11.1 Å². The Bertz CT molecular complexity index is 203. The van der Waals surface area contributed by atoms with Crippen LogP contribution >= 0.6 is 0 Å². The molecule has 14 heavy (non-hydrogen) atoms. The molecule has 0 bridgehead atoms. The summed E-state index contributed by atoms with van der Waals surface area (Å²) in [4.78, 5) is 11.4. The molecule has 0 aromatic heterocycles. The largest absolute Gasteiger partial charge is 0.300 e. The van der Waals surface area contributed by atoms with Gasteiger partial charge in [0.05, 0.1) is 0 Å². The first-order chi connectivity index (χ1) is 6.77. The minimum atomic E-state index is 0.463. The van der Waals surface area contributed by atoms with Crippen LogP contribution in [0.2, 0.25) is 0 Å². The number of rotatable bonds is 4. The zero-order chi connectivity index (χ0) is 10.4. The molecule has 1 aliphatic rings. The summed E-state index contributed by atoms with van der Waals surface area (Å²) in [6, 6.07) is 0. The fourth-order valence-corrected chi connectivity index (χ4v) is 2.27. The molecule has 0 aromatic rings. The van der Waals surface area contributed by atoms with Gasteiger partial charge in [0.15, 0.2) is 0 Å². The maximum absolute atomic E-state index is 11.4. The van der Waals surface area contributed by atoms with Crippen LogP contribution in [-0.4, -0.2) is 5.78 Å². The predicted octanol–water partition coefficient (Wildman–Crippen LogP) is 4.03. The van der Waals surface area contributed by atoms with Gasteiger partial charge in [-0.25, -0.2) is 0 Å². The third kappa shape index (κ3) is 3.28. The van der Waals surface area contributed by atoms with E-state index in [2.05, 4.69) is 13.8 Å². The average Bonchev–Trinajstić information content (AvgIpc) is 2.33. The van der Waals surface area contributed by atoms with Crippen molar-refractivity contribution < 1.29 is 4.79 Å². The topological polar surface area (TPSA) is 17.1 Å². The molecule has 0 radical (unpaired) electrons. The number of hydrogen-bond acceptors (Lipinski definition) is 1. The van der Waals surface area contributed by atoms with Crippen LogP contribution in [0.4, 0.5) is 0 Å². The fourth-order valence-electron chi connectivity index (χ4n) is 2.27. The van der Waals surface area contributed by atoms with Crippen molar-refractivity contribution in [2.24, 2.45) is 0 Å². The summed E-state index contributed by atoms with van der Waals surface area (Å²) in [5, 5.41) is 0. The van der Waals surface area contributed by atoms with Gasteiger partial charge in [-0.2, -0.15) is 0 Å². The SMILES string of the molecule is CCCC1=C(CCC)CCC(=O)CC1. The Morgan fingerprint density at radius 3 is 1.64 bits per heavy atom. The van der Waals surface area contributed by atoms with Gasteiger partial charge in [0.2, 0.25) is 0 Å². The molecule has 0 heterocycles. The van der Waals surface area contributed by atoms with Crippen molar-refractivity contribution in [1.29, 1.82) is 0 Å². The van der Waals surface area contributed by atoms with Gasteiger partial charge >= 0.3 is 0 Å². The summed E-state index contributed by atoms with van der Waals surface area (Å²) < 4.78 is 0. The summed E-state index contributed by atoms with van der Waals surface area (Å²) in [6.45, 7) is 4.45. The van der Waals surface area contributed by atoms with E-state index in [4.69, 9.17) is 0 Å². The van der Waals surface area contributed by atoms with Crippen molar-refractivity contribution >= 4 is 5.78 Å². The lowest BCUT2D eigenvalue weighted by molar-refractivity contribution is -0.118. The Balaban J connectivity index is 2.68. The zero-order valence-electron chi connectivity index (χ0n) is 9.57. The van der Waals surface area contributed by atoms with E-state index in [1.807, 2.05) is 0 Å². The van der Waals surface area contributed by atoms with E-state index >= 15 is 0 Å². The van der Waals surface area contributed by atoms with Gasteiger partial charge in [-0.3, -0.25) is 4.79 Å². The van der Waals surface area contributed by atoms with Gasteiger partial charge in [0.1, 0.15) is 5.78 Å². The molecule has 0 saturated carbocycles. The summed E-state index contributed by atoms with van der Waals surface area (Å²) in [5.74, 6) is 0.463. The van der Waals surface area contributed by atoms with Crippen LogP contribution < -0.4 is 0 Å². The second-order valence-corrected chi connectivity index (χ2v) is 4.25. The highest BCUT2D eigenvalue weighted by Gasteiger charge is 2.14. The van der Waals surface area contributed by atoms with Gasteiger partial charge < -0.3 is 0 Å². The van der Waals surface area contributed by atoms with Gasteiger partial charge in [0.25, 0.3) is 0 Å². The Morgan fingerprint density at radius 2 is 1.29 bits per heavy atom. The van der Waals surface area contributed by atoms with Crippen LogP contribution in [-0.2, 0) is 4.79 Å². The minimum absolute atomic E-state index is 0.463. The van der Waals surface area contributed by atoms with Crippen LogP contribution in [0.1, 0.15) is 65.2 Å². The molecule has 0 aromatic carbocycles. The second kappa shape index (κ2) is 6.00. The number of carbonyl (C=O) groups is 1. The number of carbonyl (C=O) groups excluding carboxylic acids is 1. The molecule has 0 atom stereocenters. The molecule has 0 spiro atoms. The highest BCUT2D eigenvalue weighted by atomic mass is 16.1. The highest BCUT2D eigenvalue weighted by Crippen LogP contribution is 2.28. The summed E-state index contributed by atoms with van der Waals surface area (Å²) in [6.07, 6.45) is 8.54. The first-order valence-corrected chi connectivity index (χ1v) is 5.99. The normalized spacial score (nSPS) is 18.6. The lowest BCUT2D eigenvalue weighted by Crippen LogP contribution is -1.93. The molecule has 1 aliphatic carbocycles. The number of Topliss-reactive ketones (excluding diaryl/α,β-unsaturated/α-hetero) is 1. The van der Waals surface area contributed by atoms with Crippen molar-refractivity contribution in [3.8, 4) is 0 Å². The Labute approximate surface area is 87.6 Å². The summed E-state index contributed by atoms with van der Waals surface area (Å²) in [5.41, 5.74) is 3.19. The standard InChI is InChI=1S/C13H22O/c1-3-5-11-7-9-13(14)10-8-12(11)6-4-2/h3-10H2,1-2H3. The Hall–Kier alpha value is -0.590. The number of hydrogen-bond donors (Lipinski definition) is 0. The molecule has 0 amide bonds. The number of ketones is 1. The van der Waals surface area contributed by atoms with E-state index < -0.39 is 0 Å². The predicted molar refractivity (Wildman–Crippen MR) is 60.3 cm³/mol. The van der Waals surface area contributed by atoms with E-state index in [-0.39, 0.29) is 0 Å². The van der Waals surface area contributed by atoms with E-state index in [0.29, 0.717) is 5.78 Å². The van der Waals surface area contributed by atoms with E-state index in [0.717, 1.165) is 25.7 Å². The van der Waals surface area contributed by atoms with Gasteiger partial charge in [-0.05, 0) is 25.7 Å². The molecule has 0 N–H and O–H groups in total. The second-order valence-electron chi connectivity index (χ2n) is 4.25. The van der Waals surface area contributed by atoms with Gasteiger partial charge in [-0.1, -0.05) is 37.8 Å². The van der Waals surface area contributed by atoms with Gasteiger partial charge in [-0.15, -0.1) is 0 Å². The van der Waals surface area contributed by atoms with E-state index in [1.54, 1.807) is 11.1 Å². The molecule has 1 nitrogen and oxygen atoms in total. The molecule has 1 heteroatoms. The molecule has 80 valence electrons. The minimum Gasteiger partial charge on any atom is -0.300 e. The zero-order valence-corrected chi connectivity index (χ0v) is 9.57. The molecule has 0 unspecified atom stereocenters. The molecule has 0 saturated heterocycles. The quantitative estimate of drug-likeness (QED) is 0.618. The van der Waals surface area contributed by atoms with E-state index in [1.165, 1.54) is 25.7 Å². The van der Waals surface area contributed by atoms with Crippen LogP contribution in [0.5, 0.6) is 0 Å². The lowest BCUT2D eigenvalue weighted by atomic mass is 9.96. The first-order valence-electron chi connectivity index (χ1n) is 5.99. The van der Waals surface area contributed by atoms with Gasteiger partial charge in [0, 0.05) is 12.8 Å². The lowest BCUT2D eigenvalue weighted by Gasteiger charge is -2.10. The monoisotopic (exact) mass is 194 g/mol. The Kier molecular flexibility index (Phi) is 4.92. The van der Waals surface area contributed by atoms with Crippen molar-refractivity contribution in [3.63, 3.8) is 0 Å². The smallest absolute Gasteiger partial charge is 0.133 e. The van der Waals surface area contributed by atoms with Crippen LogP contribution in [0.15, 0.2) is 11.1 Å². The molecular weight excluding hydrogens is 172 g/mol. The van der Waals surface area contributed by atoms with Crippen molar-refractivity contribution in [2.45, 2.75) is 65.2 Å². The highest BCUT2D eigenvalue weighted by molar-refractivity contribution is 5.79. The third-order valence-electron chi connectivity index (χ3n) is 3.01. The van der Waals surface area contributed by atoms with Crippen LogP contribution in [0.25, 0.3) is 0 Å². The number of allylic oxidation sites excluding steroid dienone is 2. The van der Waals surface area contributed by atoms with Crippen molar-refractivity contribution in [1.82, 2.24) is 0 Å². The maximum atomic E-state index is 11.4. The fraction of sp³-hybridized carbons (Fsp3) is 0.769. The van der Waals surface area contributed by atoms with E-state index in [9.17, 15) is 4.79 Å². The average molecular weight is 194 g/mol. The molecule has 0 fully saturated rings. The maximum Gasteiger partial charge on any atom is 0.133 e. The summed E-state index contributed by atoms with van der Waals surface area (Å²) >= 11 is 0. The summed E-state index contributed by atoms with van der Waals surface area (Å²) in [7, 11) is 0. The molecular formula is C13H22O. The van der Waals surface area contributed by atoms with Crippen molar-refractivity contribution in [2.75, 3.05) is 0 Å². The molecule has 0 aliphatic heterocycles. The third-order valence-corrected chi connectivity index (χ3v) is 3.01. The molecule has 1 rings (SSSR count). The first kappa shape index (κ1) is 11.5. The van der Waals surface area contributed by atoms with Crippen LogP contribution in [0, 0.1) is 0 Å².